The number of nitrogens with zero attached hydrogens (tertiary/aromatic N) is 1. The molecule has 1 aromatic carbocycles. The molecule has 0 bridgehead atoms. The lowest BCUT2D eigenvalue weighted by Crippen LogP contribution is -2.37. The number of hydrogen-bond donors (Lipinski definition) is 2. The lowest BCUT2D eigenvalue weighted by molar-refractivity contribution is -0.131. The third-order valence-electron chi connectivity index (χ3n) is 4.40. The number of furan rings is 1. The van der Waals surface area contributed by atoms with Gasteiger partial charge in [-0.1, -0.05) is 18.2 Å². The van der Waals surface area contributed by atoms with E-state index in [0.29, 0.717) is 24.3 Å². The molecule has 5 nitrogen and oxygen atoms in total. The van der Waals surface area contributed by atoms with E-state index in [1.807, 2.05) is 11.0 Å². The van der Waals surface area contributed by atoms with Crippen molar-refractivity contribution in [1.82, 2.24) is 4.90 Å². The van der Waals surface area contributed by atoms with Crippen LogP contribution in [0.4, 0.5) is 0 Å². The molecule has 2 heterocycles. The van der Waals surface area contributed by atoms with Crippen molar-refractivity contribution in [2.24, 2.45) is 0 Å². The Bertz CT molecular complexity index is 653. The van der Waals surface area contributed by atoms with Crippen molar-refractivity contribution in [2.75, 3.05) is 6.54 Å². The topological polar surface area (TPSA) is 73.9 Å². The van der Waals surface area contributed by atoms with Gasteiger partial charge in [-0.25, -0.2) is 0 Å². The van der Waals surface area contributed by atoms with Crippen LogP contribution in [-0.2, 0) is 11.2 Å². The Kier molecular flexibility index (Phi) is 4.67. The van der Waals surface area contributed by atoms with Crippen LogP contribution in [0, 0.1) is 0 Å². The zero-order valence-electron chi connectivity index (χ0n) is 12.9. The van der Waals surface area contributed by atoms with Gasteiger partial charge in [0, 0.05) is 24.6 Å². The second kappa shape index (κ2) is 6.87. The summed E-state index contributed by atoms with van der Waals surface area (Å²) in [5.74, 6) is 0.665. The smallest absolute Gasteiger partial charge is 0.227 e. The first kappa shape index (κ1) is 15.6. The third-order valence-corrected chi connectivity index (χ3v) is 4.40. The van der Waals surface area contributed by atoms with Crippen LogP contribution >= 0.6 is 0 Å². The zero-order chi connectivity index (χ0) is 16.2. The van der Waals surface area contributed by atoms with Gasteiger partial charge in [-0.2, -0.15) is 0 Å². The second-order valence-corrected chi connectivity index (χ2v) is 5.96. The largest absolute Gasteiger partial charge is 0.508 e. The van der Waals surface area contributed by atoms with E-state index < -0.39 is 6.10 Å². The van der Waals surface area contributed by atoms with E-state index in [9.17, 15) is 15.0 Å². The van der Waals surface area contributed by atoms with E-state index in [2.05, 4.69) is 0 Å². The Morgan fingerprint density at radius 1 is 1.30 bits per heavy atom. The number of phenols is 1. The van der Waals surface area contributed by atoms with Gasteiger partial charge < -0.3 is 19.5 Å². The van der Waals surface area contributed by atoms with E-state index in [4.69, 9.17) is 4.42 Å². The first-order valence-corrected chi connectivity index (χ1v) is 7.93. The summed E-state index contributed by atoms with van der Waals surface area (Å²) in [7, 11) is 0. The van der Waals surface area contributed by atoms with Crippen molar-refractivity contribution in [3.63, 3.8) is 0 Å². The van der Waals surface area contributed by atoms with Crippen molar-refractivity contribution in [1.29, 1.82) is 0 Å². The van der Waals surface area contributed by atoms with Gasteiger partial charge in [0.1, 0.15) is 17.6 Å². The summed E-state index contributed by atoms with van der Waals surface area (Å²) in [4.78, 5) is 14.4. The molecule has 0 radical (unpaired) electrons. The zero-order valence-corrected chi connectivity index (χ0v) is 12.9. The highest BCUT2D eigenvalue weighted by Gasteiger charge is 2.31. The number of aliphatic hydroxyl groups excluding tert-OH is 1. The molecule has 2 atom stereocenters. The summed E-state index contributed by atoms with van der Waals surface area (Å²) in [6.45, 7) is 0.696. The molecule has 1 amide bonds. The quantitative estimate of drug-likeness (QED) is 0.889. The van der Waals surface area contributed by atoms with Gasteiger partial charge in [-0.05, 0) is 31.0 Å². The molecule has 2 N–H and O–H groups in total. The highest BCUT2D eigenvalue weighted by Crippen LogP contribution is 2.28. The van der Waals surface area contributed by atoms with E-state index in [-0.39, 0.29) is 24.1 Å². The fraction of sp³-hybridized carbons (Fsp3) is 0.389. The minimum Gasteiger partial charge on any atom is -0.508 e. The van der Waals surface area contributed by atoms with E-state index in [1.54, 1.807) is 30.3 Å². The number of carbonyl (C=O) groups excluding carboxylic acids is 1. The number of amides is 1. The fourth-order valence-electron chi connectivity index (χ4n) is 3.19. The molecule has 0 aliphatic carbocycles. The highest BCUT2D eigenvalue weighted by molar-refractivity contribution is 5.80. The monoisotopic (exact) mass is 315 g/mol. The van der Waals surface area contributed by atoms with Crippen LogP contribution in [0.25, 0.3) is 0 Å². The van der Waals surface area contributed by atoms with Crippen LogP contribution in [0.1, 0.15) is 36.7 Å². The SMILES string of the molecule is O=C(Cc1ccccc1O)N1CCC[C@H]1C[C@@H](O)c1ccco1. The van der Waals surface area contributed by atoms with Crippen molar-refractivity contribution in [2.45, 2.75) is 37.8 Å². The second-order valence-electron chi connectivity index (χ2n) is 5.96. The van der Waals surface area contributed by atoms with Gasteiger partial charge >= 0.3 is 0 Å². The van der Waals surface area contributed by atoms with Crippen molar-refractivity contribution in [3.8, 4) is 5.75 Å². The number of rotatable bonds is 5. The number of para-hydroxylation sites is 1. The first-order valence-electron chi connectivity index (χ1n) is 7.93. The van der Waals surface area contributed by atoms with Crippen LogP contribution in [-0.4, -0.2) is 33.6 Å². The Morgan fingerprint density at radius 2 is 2.13 bits per heavy atom. The molecule has 122 valence electrons. The average molecular weight is 315 g/mol. The number of carbonyl (C=O) groups is 1. The molecule has 0 spiro atoms. The van der Waals surface area contributed by atoms with E-state index >= 15 is 0 Å². The Hall–Kier alpha value is -2.27. The number of likely N-dealkylation sites (tertiary alicyclic amines) is 1. The maximum Gasteiger partial charge on any atom is 0.227 e. The van der Waals surface area contributed by atoms with Crippen LogP contribution in [0.2, 0.25) is 0 Å². The van der Waals surface area contributed by atoms with E-state index in [1.165, 1.54) is 6.26 Å². The maximum absolute atomic E-state index is 12.6. The summed E-state index contributed by atoms with van der Waals surface area (Å²) < 4.78 is 5.23. The molecule has 2 aromatic rings. The fourth-order valence-corrected chi connectivity index (χ4v) is 3.19. The third kappa shape index (κ3) is 3.56. The van der Waals surface area contributed by atoms with Gasteiger partial charge in [0.05, 0.1) is 12.7 Å². The molecule has 5 heteroatoms. The van der Waals surface area contributed by atoms with Crippen molar-refractivity contribution in [3.05, 3.63) is 54.0 Å². The molecule has 1 aliphatic rings. The molecular formula is C18H21NO4. The van der Waals surface area contributed by atoms with Crippen LogP contribution in [0.3, 0.4) is 0 Å². The van der Waals surface area contributed by atoms with Gasteiger partial charge in [0.15, 0.2) is 0 Å². The van der Waals surface area contributed by atoms with Gasteiger partial charge in [-0.3, -0.25) is 4.79 Å². The van der Waals surface area contributed by atoms with Crippen molar-refractivity contribution < 1.29 is 19.4 Å². The normalized spacial score (nSPS) is 19.0. The molecule has 1 aromatic heterocycles. The molecule has 3 rings (SSSR count). The van der Waals surface area contributed by atoms with Gasteiger partial charge in [-0.15, -0.1) is 0 Å². The van der Waals surface area contributed by atoms with Crippen molar-refractivity contribution >= 4 is 5.91 Å². The minimum atomic E-state index is -0.700. The number of benzene rings is 1. The summed E-state index contributed by atoms with van der Waals surface area (Å²) in [5.41, 5.74) is 0.634. The predicted molar refractivity (Wildman–Crippen MR) is 84.8 cm³/mol. The summed E-state index contributed by atoms with van der Waals surface area (Å²) in [6.07, 6.45) is 3.30. The molecule has 23 heavy (non-hydrogen) atoms. The van der Waals surface area contributed by atoms with Crippen LogP contribution in [0.15, 0.2) is 47.1 Å². The molecule has 1 saturated heterocycles. The molecule has 1 aliphatic heterocycles. The molecule has 0 unspecified atom stereocenters. The molecule has 0 saturated carbocycles. The number of aromatic hydroxyl groups is 1. The predicted octanol–water partition coefficient (Wildman–Crippen LogP) is 2.64. The summed E-state index contributed by atoms with van der Waals surface area (Å²) >= 11 is 0. The lowest BCUT2D eigenvalue weighted by atomic mass is 10.0. The van der Waals surface area contributed by atoms with Gasteiger partial charge in [0.2, 0.25) is 5.91 Å². The summed E-state index contributed by atoms with van der Waals surface area (Å²) in [5, 5.41) is 20.0. The standard InChI is InChI=1S/C18H21NO4/c20-15-7-2-1-5-13(15)11-18(22)19-9-3-6-14(19)12-16(21)17-8-4-10-23-17/h1-2,4-5,7-8,10,14,16,20-21H,3,6,9,11-12H2/t14-,16+/m0/s1. The van der Waals surface area contributed by atoms with Crippen LogP contribution in [0.5, 0.6) is 5.75 Å². The molecule has 1 fully saturated rings. The van der Waals surface area contributed by atoms with E-state index in [0.717, 1.165) is 12.8 Å². The number of hydrogen-bond acceptors (Lipinski definition) is 4. The Balaban J connectivity index is 1.64. The van der Waals surface area contributed by atoms with Crippen LogP contribution < -0.4 is 0 Å². The first-order chi connectivity index (χ1) is 11.1. The summed E-state index contributed by atoms with van der Waals surface area (Å²) in [6, 6.07) is 10.4. The Morgan fingerprint density at radius 3 is 2.87 bits per heavy atom. The number of aliphatic hydroxyl groups is 1. The maximum atomic E-state index is 12.6. The highest BCUT2D eigenvalue weighted by atomic mass is 16.4. The number of phenolic OH excluding ortho intramolecular Hbond substituents is 1. The minimum absolute atomic E-state index is 0.00783. The Labute approximate surface area is 135 Å². The average Bonchev–Trinajstić information content (AvgIpc) is 3.20. The lowest BCUT2D eigenvalue weighted by Gasteiger charge is -2.26. The van der Waals surface area contributed by atoms with Gasteiger partial charge in [0.25, 0.3) is 0 Å². The molecular weight excluding hydrogens is 294 g/mol.